The molecule has 1 saturated carbocycles. The molecule has 1 amide bonds. The average Bonchev–Trinajstić information content (AvgIpc) is 3.51. The molecule has 13 heteroatoms. The standard InChI is InChI=1S/C21H27F2N9O2/c22-20(23)32-12-15(10-26-32)31-13-25-17-18(24-11-16(33)27-14-4-2-1-3-5-14)28-21(29-19(17)31)30-6-8-34-9-7-30/h10,12-14,20H,1-9,11H2,(H,27,33)(H,24,28,29). The maximum Gasteiger partial charge on any atom is 0.333 e. The highest BCUT2D eigenvalue weighted by Gasteiger charge is 2.22. The highest BCUT2D eigenvalue weighted by molar-refractivity contribution is 5.88. The number of amides is 1. The summed E-state index contributed by atoms with van der Waals surface area (Å²) in [5.74, 6) is 0.753. The van der Waals surface area contributed by atoms with Crippen LogP contribution in [0.15, 0.2) is 18.7 Å². The third kappa shape index (κ3) is 4.79. The molecule has 2 fully saturated rings. The Morgan fingerprint density at radius 3 is 2.71 bits per heavy atom. The molecule has 3 aromatic heterocycles. The largest absolute Gasteiger partial charge is 0.378 e. The Hall–Kier alpha value is -3.35. The molecule has 2 N–H and O–H groups in total. The van der Waals surface area contributed by atoms with E-state index in [1.165, 1.54) is 25.1 Å². The van der Waals surface area contributed by atoms with Crippen LogP contribution in [0, 0.1) is 0 Å². The molecule has 0 atom stereocenters. The number of aromatic nitrogens is 6. The number of nitrogens with one attached hydrogen (secondary N) is 2. The monoisotopic (exact) mass is 475 g/mol. The number of ether oxygens (including phenoxy) is 1. The molecular weight excluding hydrogens is 448 g/mol. The maximum absolute atomic E-state index is 13.0. The van der Waals surface area contributed by atoms with Crippen molar-refractivity contribution in [3.05, 3.63) is 18.7 Å². The summed E-state index contributed by atoms with van der Waals surface area (Å²) in [6.07, 6.45) is 9.53. The molecule has 3 aromatic rings. The number of carbonyl (C=O) groups excluding carboxylic acids is 1. The van der Waals surface area contributed by atoms with E-state index < -0.39 is 6.55 Å². The summed E-state index contributed by atoms with van der Waals surface area (Å²) in [4.78, 5) is 28.2. The van der Waals surface area contributed by atoms with Gasteiger partial charge in [0, 0.05) is 19.1 Å². The lowest BCUT2D eigenvalue weighted by Gasteiger charge is -2.27. The number of anilines is 2. The lowest BCUT2D eigenvalue weighted by molar-refractivity contribution is -0.120. The molecule has 34 heavy (non-hydrogen) atoms. The van der Waals surface area contributed by atoms with E-state index in [-0.39, 0.29) is 18.5 Å². The molecule has 0 radical (unpaired) electrons. The van der Waals surface area contributed by atoms with Crippen LogP contribution in [0.3, 0.4) is 0 Å². The summed E-state index contributed by atoms with van der Waals surface area (Å²) < 4.78 is 33.7. The topological polar surface area (TPSA) is 115 Å². The van der Waals surface area contributed by atoms with Gasteiger partial charge in [-0.05, 0) is 12.8 Å². The number of hydrogen-bond donors (Lipinski definition) is 2. The van der Waals surface area contributed by atoms with Gasteiger partial charge in [0.05, 0.1) is 37.8 Å². The van der Waals surface area contributed by atoms with Crippen molar-refractivity contribution >= 4 is 28.8 Å². The van der Waals surface area contributed by atoms with E-state index in [9.17, 15) is 13.6 Å². The number of nitrogens with zero attached hydrogens (tertiary/aromatic N) is 7. The van der Waals surface area contributed by atoms with E-state index in [0.717, 1.165) is 25.7 Å². The van der Waals surface area contributed by atoms with E-state index in [0.29, 0.717) is 59.6 Å². The van der Waals surface area contributed by atoms with Crippen LogP contribution in [0.4, 0.5) is 20.5 Å². The van der Waals surface area contributed by atoms with Crippen molar-refractivity contribution in [1.29, 1.82) is 0 Å². The van der Waals surface area contributed by atoms with Crippen LogP contribution in [0.5, 0.6) is 0 Å². The third-order valence-electron chi connectivity index (χ3n) is 6.13. The first-order valence-electron chi connectivity index (χ1n) is 11.5. The minimum Gasteiger partial charge on any atom is -0.378 e. The first kappa shape index (κ1) is 22.4. The smallest absolute Gasteiger partial charge is 0.333 e. The molecule has 0 bridgehead atoms. The number of imidazole rings is 1. The Balaban J connectivity index is 1.43. The van der Waals surface area contributed by atoms with Crippen LogP contribution in [-0.4, -0.2) is 74.1 Å². The van der Waals surface area contributed by atoms with E-state index in [1.54, 1.807) is 4.57 Å². The first-order chi connectivity index (χ1) is 16.6. The SMILES string of the molecule is O=C(CNc1nc(N2CCOCC2)nc2c1ncn2-c1cnn(C(F)F)c1)NC1CCCCC1. The highest BCUT2D eigenvalue weighted by atomic mass is 19.3. The Bertz CT molecular complexity index is 1140. The molecule has 4 heterocycles. The van der Waals surface area contributed by atoms with Gasteiger partial charge in [-0.15, -0.1) is 0 Å². The molecule has 11 nitrogen and oxygen atoms in total. The van der Waals surface area contributed by atoms with Crippen molar-refractivity contribution in [3.8, 4) is 5.69 Å². The van der Waals surface area contributed by atoms with E-state index in [1.807, 2.05) is 4.90 Å². The fraction of sp³-hybridized carbons (Fsp3) is 0.571. The average molecular weight is 476 g/mol. The summed E-state index contributed by atoms with van der Waals surface area (Å²) >= 11 is 0. The number of morpholine rings is 1. The lowest BCUT2D eigenvalue weighted by Crippen LogP contribution is -2.39. The van der Waals surface area contributed by atoms with Crippen LogP contribution in [0.2, 0.25) is 0 Å². The quantitative estimate of drug-likeness (QED) is 0.534. The van der Waals surface area contributed by atoms with Crippen LogP contribution in [0.1, 0.15) is 38.7 Å². The van der Waals surface area contributed by atoms with Gasteiger partial charge in [-0.3, -0.25) is 9.36 Å². The van der Waals surface area contributed by atoms with Crippen molar-refractivity contribution < 1.29 is 18.3 Å². The molecule has 2 aliphatic rings. The summed E-state index contributed by atoms with van der Waals surface area (Å²) in [6, 6.07) is 0.211. The van der Waals surface area contributed by atoms with Crippen LogP contribution < -0.4 is 15.5 Å². The zero-order chi connectivity index (χ0) is 23.5. The van der Waals surface area contributed by atoms with Crippen LogP contribution >= 0.6 is 0 Å². The number of halogens is 2. The van der Waals surface area contributed by atoms with Gasteiger partial charge < -0.3 is 20.3 Å². The Morgan fingerprint density at radius 2 is 1.97 bits per heavy atom. The zero-order valence-electron chi connectivity index (χ0n) is 18.7. The Morgan fingerprint density at radius 1 is 1.18 bits per heavy atom. The number of alkyl halides is 2. The van der Waals surface area contributed by atoms with Gasteiger partial charge in [0.25, 0.3) is 0 Å². The molecule has 1 saturated heterocycles. The van der Waals surface area contributed by atoms with Gasteiger partial charge in [0.15, 0.2) is 17.0 Å². The molecular formula is C21H27F2N9O2. The van der Waals surface area contributed by atoms with E-state index in [4.69, 9.17) is 4.74 Å². The molecule has 5 rings (SSSR count). The molecule has 182 valence electrons. The zero-order valence-corrected chi connectivity index (χ0v) is 18.7. The molecule has 1 aliphatic carbocycles. The second-order valence-corrected chi connectivity index (χ2v) is 8.47. The summed E-state index contributed by atoms with van der Waals surface area (Å²) in [5, 5.41) is 9.89. The van der Waals surface area contributed by atoms with Crippen molar-refractivity contribution in [2.45, 2.75) is 44.7 Å². The molecule has 1 aliphatic heterocycles. The van der Waals surface area contributed by atoms with Crippen molar-refractivity contribution in [2.24, 2.45) is 0 Å². The summed E-state index contributed by atoms with van der Waals surface area (Å²) in [5.41, 5.74) is 1.27. The minimum absolute atomic E-state index is 0.0430. The number of hydrogen-bond acceptors (Lipinski definition) is 8. The fourth-order valence-electron chi connectivity index (χ4n) is 4.35. The number of rotatable bonds is 7. The van der Waals surface area contributed by atoms with E-state index >= 15 is 0 Å². The predicted molar refractivity (Wildman–Crippen MR) is 120 cm³/mol. The van der Waals surface area contributed by atoms with Crippen molar-refractivity contribution in [3.63, 3.8) is 0 Å². The maximum atomic E-state index is 13.0. The lowest BCUT2D eigenvalue weighted by atomic mass is 9.95. The predicted octanol–water partition coefficient (Wildman–Crippen LogP) is 2.10. The minimum atomic E-state index is -2.75. The van der Waals surface area contributed by atoms with Crippen LogP contribution in [0.25, 0.3) is 16.9 Å². The first-order valence-corrected chi connectivity index (χ1v) is 11.5. The molecule has 0 unspecified atom stereocenters. The summed E-state index contributed by atoms with van der Waals surface area (Å²) in [6.45, 7) is -0.374. The molecule has 0 spiro atoms. The van der Waals surface area contributed by atoms with Gasteiger partial charge >= 0.3 is 6.55 Å². The second kappa shape index (κ2) is 9.87. The highest BCUT2D eigenvalue weighted by Crippen LogP contribution is 2.26. The van der Waals surface area contributed by atoms with Gasteiger partial charge in [-0.1, -0.05) is 19.3 Å². The number of fused-ring (bicyclic) bond motifs is 1. The fourth-order valence-corrected chi connectivity index (χ4v) is 4.35. The van der Waals surface area contributed by atoms with Crippen molar-refractivity contribution in [1.82, 2.24) is 34.6 Å². The van der Waals surface area contributed by atoms with E-state index in [2.05, 4.69) is 30.7 Å². The van der Waals surface area contributed by atoms with Gasteiger partial charge in [-0.25, -0.2) is 9.67 Å². The Labute approximate surface area is 194 Å². The van der Waals surface area contributed by atoms with Gasteiger partial charge in [-0.2, -0.15) is 23.8 Å². The Kier molecular flexibility index (Phi) is 6.52. The normalized spacial score (nSPS) is 17.4. The summed E-state index contributed by atoms with van der Waals surface area (Å²) in [7, 11) is 0. The third-order valence-corrected chi connectivity index (χ3v) is 6.13. The van der Waals surface area contributed by atoms with Crippen molar-refractivity contribution in [2.75, 3.05) is 43.1 Å². The van der Waals surface area contributed by atoms with Crippen LogP contribution in [-0.2, 0) is 9.53 Å². The van der Waals surface area contributed by atoms with Gasteiger partial charge in [0.1, 0.15) is 6.33 Å². The van der Waals surface area contributed by atoms with Gasteiger partial charge in [0.2, 0.25) is 11.9 Å². The number of carbonyl (C=O) groups is 1. The second-order valence-electron chi connectivity index (χ2n) is 8.47. The molecule has 0 aromatic carbocycles.